The van der Waals surface area contributed by atoms with Crippen molar-refractivity contribution in [1.82, 2.24) is 0 Å². The van der Waals surface area contributed by atoms with Crippen LogP contribution in [0.15, 0.2) is 18.2 Å². The molecule has 7 heteroatoms. The summed E-state index contributed by atoms with van der Waals surface area (Å²) in [6.07, 6.45) is 0. The molecule has 0 spiro atoms. The van der Waals surface area contributed by atoms with Crippen LogP contribution >= 0.6 is 0 Å². The van der Waals surface area contributed by atoms with Crippen LogP contribution in [0.4, 0.5) is 0 Å². The average Bonchev–Trinajstić information content (AvgIpc) is 2.16. The minimum atomic E-state index is -1.14. The number of rotatable bonds is 4. The minimum absolute atomic E-state index is 0.0220. The molecule has 0 bridgehead atoms. The highest BCUT2D eigenvalue weighted by Gasteiger charge is 2.10. The first kappa shape index (κ1) is 11.0. The Kier molecular flexibility index (Phi) is 3.27. The van der Waals surface area contributed by atoms with Crippen LogP contribution in [0.3, 0.4) is 0 Å². The first-order valence-corrected chi connectivity index (χ1v) is 4.06. The Bertz CT molecular complexity index is 406. The molecule has 1 aromatic rings. The molecule has 0 saturated carbocycles. The van der Waals surface area contributed by atoms with Gasteiger partial charge in [0.15, 0.2) is 0 Å². The average molecular weight is 209 g/mol. The normalized spacial score (nSPS) is 9.60. The monoisotopic (exact) mass is 209 g/mol. The molecule has 0 aliphatic carbocycles. The SMILES string of the molecule is BOc1cc(C[N+](=O)[O-])cc(C(=O)O)c1. The van der Waals surface area contributed by atoms with E-state index in [4.69, 9.17) is 9.76 Å². The van der Waals surface area contributed by atoms with Gasteiger partial charge in [-0.3, -0.25) is 10.1 Å². The van der Waals surface area contributed by atoms with Gasteiger partial charge in [-0.25, -0.2) is 4.79 Å². The molecule has 1 N–H and O–H groups in total. The summed E-state index contributed by atoms with van der Waals surface area (Å²) in [6, 6.07) is 4.01. The van der Waals surface area contributed by atoms with E-state index in [0.29, 0.717) is 11.3 Å². The Balaban J connectivity index is 3.11. The number of carboxylic acids is 1. The predicted octanol–water partition coefficient (Wildman–Crippen LogP) is 0.0884. The standard InChI is InChI=1S/C8H8BNO5/c9-15-7-2-5(4-10(13)14)1-6(3-7)8(11)12/h1-3H,4,9H2,(H,11,12). The molecule has 0 aliphatic heterocycles. The molecular formula is C8H8BNO5. The number of benzene rings is 1. The van der Waals surface area contributed by atoms with Crippen molar-refractivity contribution in [3.8, 4) is 5.75 Å². The Morgan fingerprint density at radius 1 is 1.53 bits per heavy atom. The molecule has 78 valence electrons. The zero-order valence-electron chi connectivity index (χ0n) is 7.97. The van der Waals surface area contributed by atoms with E-state index < -0.39 is 17.4 Å². The molecular weight excluding hydrogens is 201 g/mol. The molecule has 0 saturated heterocycles. The van der Waals surface area contributed by atoms with E-state index in [1.165, 1.54) is 26.2 Å². The third kappa shape index (κ3) is 2.98. The zero-order chi connectivity index (χ0) is 11.4. The summed E-state index contributed by atoms with van der Waals surface area (Å²) in [5.74, 6) is -0.842. The summed E-state index contributed by atoms with van der Waals surface area (Å²) in [7, 11) is 1.37. The van der Waals surface area contributed by atoms with Crippen LogP contribution < -0.4 is 4.65 Å². The molecule has 0 fully saturated rings. The van der Waals surface area contributed by atoms with E-state index in [-0.39, 0.29) is 5.56 Å². The number of hydrogen-bond acceptors (Lipinski definition) is 4. The van der Waals surface area contributed by atoms with Crippen LogP contribution in [0, 0.1) is 10.1 Å². The first-order valence-electron chi connectivity index (χ1n) is 4.06. The lowest BCUT2D eigenvalue weighted by atomic mass is 10.1. The van der Waals surface area contributed by atoms with Gasteiger partial charge in [0.1, 0.15) is 0 Å². The van der Waals surface area contributed by atoms with Gasteiger partial charge in [-0.15, -0.1) is 0 Å². The fourth-order valence-corrected chi connectivity index (χ4v) is 1.14. The number of nitro groups is 1. The molecule has 0 heterocycles. The maximum absolute atomic E-state index is 10.7. The van der Waals surface area contributed by atoms with Crippen LogP contribution in [0.2, 0.25) is 0 Å². The first-order chi connectivity index (χ1) is 7.02. The molecule has 1 rings (SSSR count). The summed E-state index contributed by atoms with van der Waals surface area (Å²) >= 11 is 0. The highest BCUT2D eigenvalue weighted by Crippen LogP contribution is 2.17. The molecule has 0 amide bonds. The topological polar surface area (TPSA) is 89.7 Å². The maximum Gasteiger partial charge on any atom is 0.335 e. The third-order valence-corrected chi connectivity index (χ3v) is 1.76. The minimum Gasteiger partial charge on any atom is -0.568 e. The third-order valence-electron chi connectivity index (χ3n) is 1.76. The van der Waals surface area contributed by atoms with Crippen molar-refractivity contribution in [2.45, 2.75) is 6.54 Å². The van der Waals surface area contributed by atoms with Gasteiger partial charge in [0, 0.05) is 10.5 Å². The molecule has 0 aliphatic rings. The number of nitrogens with zero attached hydrogens (tertiary/aromatic N) is 1. The van der Waals surface area contributed by atoms with E-state index in [1.807, 2.05) is 0 Å². The highest BCUT2D eigenvalue weighted by molar-refractivity contribution is 6.00. The van der Waals surface area contributed by atoms with Gasteiger partial charge in [-0.2, -0.15) is 0 Å². The lowest BCUT2D eigenvalue weighted by Gasteiger charge is -2.04. The van der Waals surface area contributed by atoms with Crippen molar-refractivity contribution in [3.63, 3.8) is 0 Å². The molecule has 15 heavy (non-hydrogen) atoms. The molecule has 0 unspecified atom stereocenters. The second kappa shape index (κ2) is 4.45. The highest BCUT2D eigenvalue weighted by atomic mass is 16.6. The van der Waals surface area contributed by atoms with Crippen molar-refractivity contribution < 1.29 is 19.5 Å². The van der Waals surface area contributed by atoms with Crippen LogP contribution in [-0.2, 0) is 6.54 Å². The summed E-state index contributed by atoms with van der Waals surface area (Å²) in [4.78, 5) is 20.4. The Labute approximate surface area is 86.1 Å². The Hall–Kier alpha value is -2.05. The lowest BCUT2D eigenvalue weighted by molar-refractivity contribution is -0.496. The van der Waals surface area contributed by atoms with Gasteiger partial charge in [0.2, 0.25) is 6.54 Å². The van der Waals surface area contributed by atoms with Gasteiger partial charge in [0.05, 0.1) is 11.3 Å². The molecule has 1 aromatic carbocycles. The molecule has 0 aromatic heterocycles. The van der Waals surface area contributed by atoms with Crippen molar-refractivity contribution in [2.75, 3.05) is 0 Å². The molecule has 6 nitrogen and oxygen atoms in total. The Morgan fingerprint density at radius 3 is 2.67 bits per heavy atom. The van der Waals surface area contributed by atoms with Crippen molar-refractivity contribution in [1.29, 1.82) is 0 Å². The fraction of sp³-hybridized carbons (Fsp3) is 0.125. The number of aromatic carboxylic acids is 1. The van der Waals surface area contributed by atoms with Crippen LogP contribution in [-0.4, -0.2) is 24.0 Å². The maximum atomic E-state index is 10.7. The number of hydrogen-bond donors (Lipinski definition) is 1. The summed E-state index contributed by atoms with van der Waals surface area (Å²) in [5, 5.41) is 19.0. The van der Waals surface area contributed by atoms with Crippen molar-refractivity contribution >= 4 is 14.0 Å². The van der Waals surface area contributed by atoms with Crippen molar-refractivity contribution in [3.05, 3.63) is 39.4 Å². The van der Waals surface area contributed by atoms with E-state index in [1.54, 1.807) is 0 Å². The van der Waals surface area contributed by atoms with Gasteiger partial charge in [-0.05, 0) is 18.2 Å². The predicted molar refractivity (Wildman–Crippen MR) is 53.3 cm³/mol. The van der Waals surface area contributed by atoms with E-state index >= 15 is 0 Å². The van der Waals surface area contributed by atoms with E-state index in [9.17, 15) is 14.9 Å². The van der Waals surface area contributed by atoms with Crippen molar-refractivity contribution in [2.24, 2.45) is 0 Å². The smallest absolute Gasteiger partial charge is 0.335 e. The van der Waals surface area contributed by atoms with Crippen LogP contribution in [0.5, 0.6) is 5.75 Å². The van der Waals surface area contributed by atoms with E-state index in [0.717, 1.165) is 0 Å². The lowest BCUT2D eigenvalue weighted by Crippen LogP contribution is -2.03. The second-order valence-electron chi connectivity index (χ2n) is 2.87. The van der Waals surface area contributed by atoms with E-state index in [2.05, 4.69) is 0 Å². The van der Waals surface area contributed by atoms with Gasteiger partial charge >= 0.3 is 14.0 Å². The largest absolute Gasteiger partial charge is 0.568 e. The summed E-state index contributed by atoms with van der Waals surface area (Å²) < 4.78 is 4.84. The quantitative estimate of drug-likeness (QED) is 0.431. The van der Waals surface area contributed by atoms with Crippen LogP contribution in [0.25, 0.3) is 0 Å². The summed E-state index contributed by atoms with van der Waals surface area (Å²) in [6.45, 7) is -0.419. The summed E-state index contributed by atoms with van der Waals surface area (Å²) in [5.41, 5.74) is 0.281. The number of carbonyl (C=O) groups is 1. The van der Waals surface area contributed by atoms with Gasteiger partial charge in [-0.1, -0.05) is 0 Å². The molecule has 0 atom stereocenters. The van der Waals surface area contributed by atoms with Crippen LogP contribution in [0.1, 0.15) is 15.9 Å². The zero-order valence-corrected chi connectivity index (χ0v) is 7.97. The molecule has 0 radical (unpaired) electrons. The second-order valence-corrected chi connectivity index (χ2v) is 2.87. The Morgan fingerprint density at radius 2 is 2.20 bits per heavy atom. The van der Waals surface area contributed by atoms with Gasteiger partial charge < -0.3 is 9.76 Å². The van der Waals surface area contributed by atoms with Gasteiger partial charge in [0.25, 0.3) is 0 Å². The fourth-order valence-electron chi connectivity index (χ4n) is 1.14. The number of carboxylic acid groups (broad SMARTS) is 1.